The highest BCUT2D eigenvalue weighted by Gasteiger charge is 2.47. The molecule has 0 radical (unpaired) electrons. The summed E-state index contributed by atoms with van der Waals surface area (Å²) in [6, 6.07) is 5.86. The van der Waals surface area contributed by atoms with Gasteiger partial charge < -0.3 is 24.7 Å². The number of piperidine rings is 1. The Morgan fingerprint density at radius 2 is 1.81 bits per heavy atom. The van der Waals surface area contributed by atoms with Crippen LogP contribution < -0.4 is 10.6 Å². The van der Waals surface area contributed by atoms with E-state index in [0.717, 1.165) is 55.2 Å². The summed E-state index contributed by atoms with van der Waals surface area (Å²) in [7, 11) is 0. The van der Waals surface area contributed by atoms with Crippen molar-refractivity contribution in [3.05, 3.63) is 30.0 Å². The molecule has 2 aliphatic rings. The van der Waals surface area contributed by atoms with Crippen molar-refractivity contribution >= 4 is 34.7 Å². The molecule has 4 rings (SSSR count). The monoisotopic (exact) mass is 512 g/mol. The first kappa shape index (κ1) is 26.8. The lowest BCUT2D eigenvalue weighted by molar-refractivity contribution is -0.142. The molecule has 1 aromatic carbocycles. The molecule has 1 aromatic heterocycles. The number of carbonyl (C=O) groups excluding carboxylic acids is 3. The molecule has 9 nitrogen and oxygen atoms in total. The van der Waals surface area contributed by atoms with E-state index in [4.69, 9.17) is 15.2 Å². The number of aryl methyl sites for hydroxylation is 1. The van der Waals surface area contributed by atoms with Gasteiger partial charge in [-0.3, -0.25) is 9.69 Å². The highest BCUT2D eigenvalue weighted by Crippen LogP contribution is 2.55. The van der Waals surface area contributed by atoms with Crippen molar-refractivity contribution in [1.29, 1.82) is 0 Å². The van der Waals surface area contributed by atoms with Gasteiger partial charge >= 0.3 is 18.1 Å². The van der Waals surface area contributed by atoms with Crippen LogP contribution in [0.3, 0.4) is 0 Å². The molecule has 1 aliphatic carbocycles. The van der Waals surface area contributed by atoms with Crippen LogP contribution in [0.25, 0.3) is 10.9 Å². The zero-order valence-electron chi connectivity index (χ0n) is 22.7. The predicted octanol–water partition coefficient (Wildman–Crippen LogP) is 5.14. The summed E-state index contributed by atoms with van der Waals surface area (Å²) in [5, 5.41) is 1.07. The maximum Gasteiger partial charge on any atom is 0.410 e. The lowest BCUT2D eigenvalue weighted by atomic mass is 9.60. The first-order valence-electron chi connectivity index (χ1n) is 13.2. The third-order valence-corrected chi connectivity index (χ3v) is 7.75. The van der Waals surface area contributed by atoms with Crippen LogP contribution in [0.5, 0.6) is 0 Å². The van der Waals surface area contributed by atoms with Crippen molar-refractivity contribution in [2.45, 2.75) is 78.4 Å². The van der Waals surface area contributed by atoms with Gasteiger partial charge in [-0.2, -0.15) is 0 Å². The van der Waals surface area contributed by atoms with E-state index in [2.05, 4.69) is 16.8 Å². The van der Waals surface area contributed by atoms with Gasteiger partial charge in [-0.1, -0.05) is 0 Å². The standard InChI is InChI=1S/C28H40N4O5/c1-6-36-24(33)10-14-32(25(29)34)22-7-8-23-21(19(22)2)9-13-31(23)20-17-28(18-20)11-15-30(16-12-28)26(35)37-27(3,4)5/h7-9,13,20H,6,10-12,14-18H2,1-5H3,(H2,29,34). The van der Waals surface area contributed by atoms with E-state index in [1.807, 2.05) is 44.7 Å². The number of likely N-dealkylation sites (tertiary alicyclic amines) is 1. The number of anilines is 1. The number of esters is 1. The van der Waals surface area contributed by atoms with Gasteiger partial charge in [-0.25, -0.2) is 9.59 Å². The molecular weight excluding hydrogens is 472 g/mol. The molecule has 1 spiro atoms. The first-order valence-corrected chi connectivity index (χ1v) is 13.2. The normalized spacial score (nSPS) is 17.5. The third kappa shape index (κ3) is 5.70. The molecular formula is C28H40N4O5. The molecule has 2 aromatic rings. The number of benzene rings is 1. The van der Waals surface area contributed by atoms with Gasteiger partial charge in [0.15, 0.2) is 0 Å². The Morgan fingerprint density at radius 3 is 2.41 bits per heavy atom. The van der Waals surface area contributed by atoms with E-state index in [0.29, 0.717) is 18.3 Å². The van der Waals surface area contributed by atoms with Crippen LogP contribution in [0, 0.1) is 12.3 Å². The minimum atomic E-state index is -0.593. The van der Waals surface area contributed by atoms with E-state index in [1.165, 1.54) is 4.90 Å². The summed E-state index contributed by atoms with van der Waals surface area (Å²) >= 11 is 0. The van der Waals surface area contributed by atoms with Crippen LogP contribution in [0.2, 0.25) is 0 Å². The fraction of sp³-hybridized carbons (Fsp3) is 0.607. The highest BCUT2D eigenvalue weighted by molar-refractivity contribution is 5.97. The second-order valence-electron chi connectivity index (χ2n) is 11.4. The van der Waals surface area contributed by atoms with Crippen molar-refractivity contribution in [3.63, 3.8) is 0 Å². The summed E-state index contributed by atoms with van der Waals surface area (Å²) in [5.74, 6) is -0.352. The molecule has 37 heavy (non-hydrogen) atoms. The van der Waals surface area contributed by atoms with E-state index in [1.54, 1.807) is 6.92 Å². The minimum Gasteiger partial charge on any atom is -0.466 e. The van der Waals surface area contributed by atoms with Gasteiger partial charge in [0, 0.05) is 48.5 Å². The molecule has 202 valence electrons. The lowest BCUT2D eigenvalue weighted by Gasteiger charge is -2.52. The molecule has 0 atom stereocenters. The molecule has 2 fully saturated rings. The van der Waals surface area contributed by atoms with Crippen molar-refractivity contribution in [2.75, 3.05) is 31.1 Å². The summed E-state index contributed by atoms with van der Waals surface area (Å²) in [4.78, 5) is 39.7. The number of hydrogen-bond acceptors (Lipinski definition) is 5. The van der Waals surface area contributed by atoms with Crippen LogP contribution in [0.1, 0.15) is 71.4 Å². The number of aromatic nitrogens is 1. The van der Waals surface area contributed by atoms with Crippen molar-refractivity contribution in [3.8, 4) is 0 Å². The number of nitrogens with two attached hydrogens (primary N) is 1. The quantitative estimate of drug-likeness (QED) is 0.539. The van der Waals surface area contributed by atoms with E-state index in [-0.39, 0.29) is 30.4 Å². The average molecular weight is 513 g/mol. The lowest BCUT2D eigenvalue weighted by Crippen LogP contribution is -2.50. The van der Waals surface area contributed by atoms with Gasteiger partial charge in [0.05, 0.1) is 13.0 Å². The molecule has 1 aliphatic heterocycles. The molecule has 2 N–H and O–H groups in total. The van der Waals surface area contributed by atoms with Crippen LogP contribution in [0.15, 0.2) is 24.4 Å². The SMILES string of the molecule is CCOC(=O)CCN(C(N)=O)c1ccc2c(ccn2C2CC3(CCN(C(=O)OC(C)(C)C)CC3)C2)c1C. The van der Waals surface area contributed by atoms with Gasteiger partial charge in [-0.05, 0) is 89.5 Å². The van der Waals surface area contributed by atoms with Crippen LogP contribution in [-0.4, -0.2) is 59.4 Å². The molecule has 1 saturated carbocycles. The van der Waals surface area contributed by atoms with Crippen molar-refractivity contribution in [1.82, 2.24) is 9.47 Å². The number of amides is 3. The maximum atomic E-state index is 12.4. The topological polar surface area (TPSA) is 107 Å². The predicted molar refractivity (Wildman–Crippen MR) is 143 cm³/mol. The summed E-state index contributed by atoms with van der Waals surface area (Å²) in [6.45, 7) is 11.4. The molecule has 0 bridgehead atoms. The second kappa shape index (κ2) is 10.3. The highest BCUT2D eigenvalue weighted by atomic mass is 16.6. The van der Waals surface area contributed by atoms with Crippen molar-refractivity contribution in [2.24, 2.45) is 11.1 Å². The fourth-order valence-corrected chi connectivity index (χ4v) is 5.80. The van der Waals surface area contributed by atoms with Crippen molar-refractivity contribution < 1.29 is 23.9 Å². The number of nitrogens with zero attached hydrogens (tertiary/aromatic N) is 3. The van der Waals surface area contributed by atoms with E-state index >= 15 is 0 Å². The summed E-state index contributed by atoms with van der Waals surface area (Å²) in [6.07, 6.45) is 6.18. The zero-order chi connectivity index (χ0) is 27.0. The van der Waals surface area contributed by atoms with Crippen LogP contribution in [0.4, 0.5) is 15.3 Å². The number of rotatable bonds is 6. The van der Waals surface area contributed by atoms with Gasteiger partial charge in [0.25, 0.3) is 0 Å². The van der Waals surface area contributed by atoms with Gasteiger partial charge in [0.2, 0.25) is 0 Å². The van der Waals surface area contributed by atoms with Crippen LogP contribution in [-0.2, 0) is 14.3 Å². The Balaban J connectivity index is 1.42. The zero-order valence-corrected chi connectivity index (χ0v) is 22.7. The summed E-state index contributed by atoms with van der Waals surface area (Å²) < 4.78 is 12.9. The fourth-order valence-electron chi connectivity index (χ4n) is 5.80. The Morgan fingerprint density at radius 1 is 1.14 bits per heavy atom. The molecule has 1 saturated heterocycles. The number of urea groups is 1. The van der Waals surface area contributed by atoms with E-state index in [9.17, 15) is 14.4 Å². The Kier molecular flexibility index (Phi) is 7.44. The number of hydrogen-bond donors (Lipinski definition) is 1. The maximum absolute atomic E-state index is 12.4. The molecule has 3 amide bonds. The molecule has 9 heteroatoms. The summed E-state index contributed by atoms with van der Waals surface area (Å²) in [5.41, 5.74) is 8.26. The number of primary amides is 1. The van der Waals surface area contributed by atoms with Gasteiger partial charge in [0.1, 0.15) is 5.60 Å². The number of ether oxygens (including phenoxy) is 2. The van der Waals surface area contributed by atoms with Gasteiger partial charge in [-0.15, -0.1) is 0 Å². The first-order chi connectivity index (χ1) is 17.4. The third-order valence-electron chi connectivity index (χ3n) is 7.75. The molecule has 2 heterocycles. The smallest absolute Gasteiger partial charge is 0.410 e. The van der Waals surface area contributed by atoms with Crippen LogP contribution >= 0.6 is 0 Å². The molecule has 0 unspecified atom stereocenters. The Bertz CT molecular complexity index is 1170. The minimum absolute atomic E-state index is 0.0881. The number of carbonyl (C=O) groups is 3. The second-order valence-corrected chi connectivity index (χ2v) is 11.4. The Labute approximate surface area is 218 Å². The Hall–Kier alpha value is -3.23. The van der Waals surface area contributed by atoms with E-state index < -0.39 is 11.6 Å². The average Bonchev–Trinajstić information content (AvgIpc) is 3.22. The number of fused-ring (bicyclic) bond motifs is 1. The largest absolute Gasteiger partial charge is 0.466 e.